The highest BCUT2D eigenvalue weighted by atomic mass is 16.5. The highest BCUT2D eigenvalue weighted by Crippen LogP contribution is 2.19. The number of rotatable bonds is 7. The van der Waals surface area contributed by atoms with E-state index in [9.17, 15) is 5.11 Å². The number of benzene rings is 1. The monoisotopic (exact) mass is 290 g/mol. The first-order chi connectivity index (χ1) is 10.1. The zero-order valence-corrected chi connectivity index (χ0v) is 12.7. The standard InChI is InChI=1S/C16H22N2O3/c1-12(2)16-17-7-8-18(16)10-13(19)11-21-15-6-4-5-14(9-15)20-3/h4-9,12-13,19H,10-11H2,1-3H3/t13-/m1/s1. The smallest absolute Gasteiger partial charge is 0.123 e. The number of hydrogen-bond acceptors (Lipinski definition) is 4. The van der Waals surface area contributed by atoms with Crippen molar-refractivity contribution in [3.63, 3.8) is 0 Å². The second kappa shape index (κ2) is 7.13. The molecular formula is C16H22N2O3. The Balaban J connectivity index is 1.89. The van der Waals surface area contributed by atoms with Crippen molar-refractivity contribution in [1.82, 2.24) is 9.55 Å². The lowest BCUT2D eigenvalue weighted by molar-refractivity contribution is 0.0914. The van der Waals surface area contributed by atoms with E-state index in [1.807, 2.05) is 29.0 Å². The van der Waals surface area contributed by atoms with Crippen molar-refractivity contribution in [2.45, 2.75) is 32.4 Å². The molecule has 0 fully saturated rings. The summed E-state index contributed by atoms with van der Waals surface area (Å²) in [5.41, 5.74) is 0. The van der Waals surface area contributed by atoms with Gasteiger partial charge in [-0.3, -0.25) is 0 Å². The molecule has 2 rings (SSSR count). The van der Waals surface area contributed by atoms with Gasteiger partial charge in [-0.05, 0) is 12.1 Å². The maximum atomic E-state index is 10.1. The Hall–Kier alpha value is -2.01. The predicted molar refractivity (Wildman–Crippen MR) is 80.8 cm³/mol. The number of ether oxygens (including phenoxy) is 2. The summed E-state index contributed by atoms with van der Waals surface area (Å²) in [5.74, 6) is 2.71. The van der Waals surface area contributed by atoms with Gasteiger partial charge in [0.05, 0.1) is 13.7 Å². The van der Waals surface area contributed by atoms with Gasteiger partial charge >= 0.3 is 0 Å². The average Bonchev–Trinajstić information content (AvgIpc) is 2.93. The van der Waals surface area contributed by atoms with Gasteiger partial charge in [0.25, 0.3) is 0 Å². The molecule has 0 spiro atoms. The van der Waals surface area contributed by atoms with Gasteiger partial charge in [-0.1, -0.05) is 19.9 Å². The van der Waals surface area contributed by atoms with Gasteiger partial charge in [0, 0.05) is 24.4 Å². The fourth-order valence-electron chi connectivity index (χ4n) is 2.14. The van der Waals surface area contributed by atoms with Crippen molar-refractivity contribution in [1.29, 1.82) is 0 Å². The molecule has 0 aliphatic carbocycles. The molecule has 0 bridgehead atoms. The summed E-state index contributed by atoms with van der Waals surface area (Å²) in [7, 11) is 1.61. The van der Waals surface area contributed by atoms with E-state index in [1.54, 1.807) is 19.4 Å². The van der Waals surface area contributed by atoms with E-state index >= 15 is 0 Å². The van der Waals surface area contributed by atoms with Crippen molar-refractivity contribution in [3.05, 3.63) is 42.5 Å². The van der Waals surface area contributed by atoms with Crippen LogP contribution in [0.25, 0.3) is 0 Å². The maximum Gasteiger partial charge on any atom is 0.123 e. The second-order valence-electron chi connectivity index (χ2n) is 5.24. The average molecular weight is 290 g/mol. The number of hydrogen-bond donors (Lipinski definition) is 1. The van der Waals surface area contributed by atoms with Gasteiger partial charge in [0.1, 0.15) is 30.0 Å². The molecule has 1 heterocycles. The zero-order valence-electron chi connectivity index (χ0n) is 12.7. The highest BCUT2D eigenvalue weighted by molar-refractivity contribution is 5.32. The van der Waals surface area contributed by atoms with Crippen LogP contribution >= 0.6 is 0 Å². The molecule has 1 aromatic carbocycles. The molecular weight excluding hydrogens is 268 g/mol. The van der Waals surface area contributed by atoms with E-state index in [0.29, 0.717) is 18.2 Å². The summed E-state index contributed by atoms with van der Waals surface area (Å²) in [6, 6.07) is 7.34. The first-order valence-electron chi connectivity index (χ1n) is 7.06. The summed E-state index contributed by atoms with van der Waals surface area (Å²) < 4.78 is 12.7. The normalized spacial score (nSPS) is 12.4. The number of nitrogens with zero attached hydrogens (tertiary/aromatic N) is 2. The number of aliphatic hydroxyl groups excluding tert-OH is 1. The van der Waals surface area contributed by atoms with Crippen molar-refractivity contribution in [2.24, 2.45) is 0 Å². The minimum absolute atomic E-state index is 0.225. The summed E-state index contributed by atoms with van der Waals surface area (Å²) in [6.45, 7) is 4.86. The first-order valence-corrected chi connectivity index (χ1v) is 7.06. The fraction of sp³-hybridized carbons (Fsp3) is 0.438. The number of aliphatic hydroxyl groups is 1. The molecule has 5 heteroatoms. The van der Waals surface area contributed by atoms with E-state index in [-0.39, 0.29) is 6.61 Å². The molecule has 0 aliphatic rings. The molecule has 1 atom stereocenters. The molecule has 0 radical (unpaired) electrons. The lowest BCUT2D eigenvalue weighted by atomic mass is 10.2. The molecule has 2 aromatic rings. The van der Waals surface area contributed by atoms with Gasteiger partial charge in [-0.25, -0.2) is 4.98 Å². The van der Waals surface area contributed by atoms with Crippen molar-refractivity contribution < 1.29 is 14.6 Å². The van der Waals surface area contributed by atoms with Gasteiger partial charge < -0.3 is 19.1 Å². The van der Waals surface area contributed by atoms with Crippen molar-refractivity contribution in [3.8, 4) is 11.5 Å². The van der Waals surface area contributed by atoms with Crippen LogP contribution in [0.3, 0.4) is 0 Å². The van der Waals surface area contributed by atoms with Crippen LogP contribution in [0.15, 0.2) is 36.7 Å². The minimum Gasteiger partial charge on any atom is -0.497 e. The third kappa shape index (κ3) is 4.23. The summed E-state index contributed by atoms with van der Waals surface area (Å²) in [6.07, 6.45) is 3.04. The van der Waals surface area contributed by atoms with Crippen LogP contribution in [-0.4, -0.2) is 34.5 Å². The van der Waals surface area contributed by atoms with Crippen LogP contribution < -0.4 is 9.47 Å². The van der Waals surface area contributed by atoms with Gasteiger partial charge in [-0.2, -0.15) is 0 Å². The Morgan fingerprint density at radius 2 is 2.05 bits per heavy atom. The molecule has 0 unspecified atom stereocenters. The summed E-state index contributed by atoms with van der Waals surface area (Å²) >= 11 is 0. The largest absolute Gasteiger partial charge is 0.497 e. The van der Waals surface area contributed by atoms with Crippen molar-refractivity contribution >= 4 is 0 Å². The second-order valence-corrected chi connectivity index (χ2v) is 5.24. The van der Waals surface area contributed by atoms with Gasteiger partial charge in [0.15, 0.2) is 0 Å². The number of methoxy groups -OCH3 is 1. The third-order valence-electron chi connectivity index (χ3n) is 3.16. The lowest BCUT2D eigenvalue weighted by Crippen LogP contribution is -2.24. The molecule has 0 saturated carbocycles. The number of aromatic nitrogens is 2. The third-order valence-corrected chi connectivity index (χ3v) is 3.16. The zero-order chi connectivity index (χ0) is 15.2. The quantitative estimate of drug-likeness (QED) is 0.851. The van der Waals surface area contributed by atoms with Crippen LogP contribution in [-0.2, 0) is 6.54 Å². The van der Waals surface area contributed by atoms with Crippen LogP contribution in [0.1, 0.15) is 25.6 Å². The summed E-state index contributed by atoms with van der Waals surface area (Å²) in [5, 5.41) is 10.1. The lowest BCUT2D eigenvalue weighted by Gasteiger charge is -2.16. The Kier molecular flexibility index (Phi) is 5.22. The Bertz CT molecular complexity index is 566. The Labute approximate surface area is 125 Å². The summed E-state index contributed by atoms with van der Waals surface area (Å²) in [4.78, 5) is 4.30. The SMILES string of the molecule is COc1cccc(OC[C@H](O)Cn2ccnc2C(C)C)c1. The molecule has 114 valence electrons. The molecule has 0 saturated heterocycles. The molecule has 1 N–H and O–H groups in total. The molecule has 5 nitrogen and oxygen atoms in total. The van der Waals surface area contributed by atoms with Crippen LogP contribution in [0.5, 0.6) is 11.5 Å². The highest BCUT2D eigenvalue weighted by Gasteiger charge is 2.12. The number of imidazole rings is 1. The minimum atomic E-state index is -0.595. The fourth-order valence-corrected chi connectivity index (χ4v) is 2.14. The van der Waals surface area contributed by atoms with E-state index in [2.05, 4.69) is 18.8 Å². The maximum absolute atomic E-state index is 10.1. The van der Waals surface area contributed by atoms with E-state index in [4.69, 9.17) is 9.47 Å². The first kappa shape index (κ1) is 15.4. The van der Waals surface area contributed by atoms with Crippen LogP contribution in [0, 0.1) is 0 Å². The van der Waals surface area contributed by atoms with E-state index in [0.717, 1.165) is 11.6 Å². The Morgan fingerprint density at radius 3 is 2.76 bits per heavy atom. The molecule has 0 aliphatic heterocycles. The molecule has 1 aromatic heterocycles. The van der Waals surface area contributed by atoms with Gasteiger partial charge in [-0.15, -0.1) is 0 Å². The molecule has 21 heavy (non-hydrogen) atoms. The van der Waals surface area contributed by atoms with Gasteiger partial charge in [0.2, 0.25) is 0 Å². The van der Waals surface area contributed by atoms with Crippen molar-refractivity contribution in [2.75, 3.05) is 13.7 Å². The Morgan fingerprint density at radius 1 is 1.29 bits per heavy atom. The topological polar surface area (TPSA) is 56.5 Å². The molecule has 0 amide bonds. The predicted octanol–water partition coefficient (Wildman–Crippen LogP) is 2.46. The van der Waals surface area contributed by atoms with Crippen LogP contribution in [0.4, 0.5) is 0 Å². The van der Waals surface area contributed by atoms with Crippen LogP contribution in [0.2, 0.25) is 0 Å². The van der Waals surface area contributed by atoms with E-state index < -0.39 is 6.10 Å². The van der Waals surface area contributed by atoms with E-state index in [1.165, 1.54) is 0 Å².